The maximum Gasteiger partial charge on any atom is 0.253 e. The Morgan fingerprint density at radius 1 is 0.774 bits per heavy atom. The number of nitriles is 1. The minimum atomic E-state index is -0.681. The van der Waals surface area contributed by atoms with Gasteiger partial charge in [-0.25, -0.2) is 0 Å². The van der Waals surface area contributed by atoms with Gasteiger partial charge in [-0.3, -0.25) is 19.2 Å². The zero-order chi connectivity index (χ0) is 38.3. The first-order valence-electron chi connectivity index (χ1n) is 18.1. The first-order valence-corrected chi connectivity index (χ1v) is 18.1. The van der Waals surface area contributed by atoms with Gasteiger partial charge in [-0.15, -0.1) is 0 Å². The summed E-state index contributed by atoms with van der Waals surface area (Å²) in [5.74, 6) is -1.33. The zero-order valence-electron chi connectivity index (χ0n) is 31.2. The van der Waals surface area contributed by atoms with E-state index in [1.165, 1.54) is 0 Å². The summed E-state index contributed by atoms with van der Waals surface area (Å²) in [5.41, 5.74) is 4.29. The summed E-state index contributed by atoms with van der Waals surface area (Å²) in [7, 11) is 1.74. The van der Waals surface area contributed by atoms with Gasteiger partial charge in [0.2, 0.25) is 11.8 Å². The highest BCUT2D eigenvalue weighted by Gasteiger charge is 2.27. The molecule has 0 bridgehead atoms. The number of hydrogen-bond acceptors (Lipinski definition) is 6. The van der Waals surface area contributed by atoms with Crippen LogP contribution in [0.15, 0.2) is 103 Å². The van der Waals surface area contributed by atoms with E-state index in [9.17, 15) is 24.4 Å². The molecular weight excluding hydrogens is 665 g/mol. The number of nitrogens with one attached hydrogen (secondary N) is 4. The third kappa shape index (κ3) is 11.6. The van der Waals surface area contributed by atoms with Crippen molar-refractivity contribution >= 4 is 23.6 Å². The quantitative estimate of drug-likeness (QED) is 0.119. The molecule has 0 radical (unpaired) electrons. The maximum atomic E-state index is 14.1. The van der Waals surface area contributed by atoms with E-state index < -0.39 is 24.0 Å². The first kappa shape index (κ1) is 40.0. The molecule has 10 nitrogen and oxygen atoms in total. The number of amides is 4. The SMILES string of the molecule is CCNC(=O)[C@@H](NC(=O)[C@H](C)NC[C@H](Cc1ccccc1)NC(=O)c1cc(C(=O)N(C)CCc2ccccc2)cc(-c2ccccc2C#N)c1)C(C)C. The minimum Gasteiger partial charge on any atom is -0.355 e. The predicted octanol–water partition coefficient (Wildman–Crippen LogP) is 5.14. The minimum absolute atomic E-state index is 0.112. The molecule has 4 amide bonds. The lowest BCUT2D eigenvalue weighted by molar-refractivity contribution is -0.130. The Morgan fingerprint density at radius 2 is 1.40 bits per heavy atom. The molecule has 276 valence electrons. The lowest BCUT2D eigenvalue weighted by Crippen LogP contribution is -2.55. The molecule has 4 aromatic rings. The van der Waals surface area contributed by atoms with Crippen molar-refractivity contribution in [3.63, 3.8) is 0 Å². The molecular formula is C43H50N6O4. The van der Waals surface area contributed by atoms with Crippen molar-refractivity contribution in [2.24, 2.45) is 5.92 Å². The molecule has 0 aliphatic carbocycles. The van der Waals surface area contributed by atoms with Gasteiger partial charge in [0.25, 0.3) is 11.8 Å². The van der Waals surface area contributed by atoms with Crippen LogP contribution in [0.2, 0.25) is 0 Å². The first-order chi connectivity index (χ1) is 25.5. The molecule has 0 aliphatic rings. The van der Waals surface area contributed by atoms with Crippen molar-refractivity contribution in [2.45, 2.75) is 58.7 Å². The highest BCUT2D eigenvalue weighted by atomic mass is 16.2. The van der Waals surface area contributed by atoms with Gasteiger partial charge >= 0.3 is 0 Å². The summed E-state index contributed by atoms with van der Waals surface area (Å²) in [6.45, 7) is 8.47. The lowest BCUT2D eigenvalue weighted by Gasteiger charge is -2.25. The summed E-state index contributed by atoms with van der Waals surface area (Å²) in [6, 6.07) is 32.1. The molecule has 4 rings (SSSR count). The fraction of sp³-hybridized carbons (Fsp3) is 0.326. The Hall–Kier alpha value is -5.79. The third-order valence-corrected chi connectivity index (χ3v) is 9.05. The lowest BCUT2D eigenvalue weighted by atomic mass is 9.95. The van der Waals surface area contributed by atoms with Gasteiger partial charge < -0.3 is 26.2 Å². The average molecular weight is 715 g/mol. The zero-order valence-corrected chi connectivity index (χ0v) is 31.2. The van der Waals surface area contributed by atoms with E-state index in [1.807, 2.05) is 87.5 Å². The molecule has 0 fully saturated rings. The fourth-order valence-corrected chi connectivity index (χ4v) is 5.98. The molecule has 10 heteroatoms. The molecule has 0 unspecified atom stereocenters. The predicted molar refractivity (Wildman–Crippen MR) is 208 cm³/mol. The van der Waals surface area contributed by atoms with Gasteiger partial charge in [0.15, 0.2) is 0 Å². The van der Waals surface area contributed by atoms with Crippen LogP contribution in [0.5, 0.6) is 0 Å². The van der Waals surface area contributed by atoms with Gasteiger partial charge in [-0.05, 0) is 79.1 Å². The Kier molecular flexibility index (Phi) is 14.9. The van der Waals surface area contributed by atoms with Crippen LogP contribution in [-0.2, 0) is 22.4 Å². The highest BCUT2D eigenvalue weighted by Crippen LogP contribution is 2.27. The van der Waals surface area contributed by atoms with E-state index in [0.29, 0.717) is 48.2 Å². The summed E-state index contributed by atoms with van der Waals surface area (Å²) in [6.07, 6.45) is 1.13. The Bertz CT molecular complexity index is 1890. The van der Waals surface area contributed by atoms with Crippen molar-refractivity contribution < 1.29 is 19.2 Å². The maximum absolute atomic E-state index is 14.1. The van der Waals surface area contributed by atoms with Crippen molar-refractivity contribution in [2.75, 3.05) is 26.7 Å². The van der Waals surface area contributed by atoms with E-state index in [-0.39, 0.29) is 35.7 Å². The van der Waals surface area contributed by atoms with Gasteiger partial charge in [0.1, 0.15) is 6.04 Å². The monoisotopic (exact) mass is 714 g/mol. The molecule has 0 aliphatic heterocycles. The van der Waals surface area contributed by atoms with Crippen LogP contribution < -0.4 is 21.3 Å². The number of nitrogens with zero attached hydrogens (tertiary/aromatic N) is 2. The van der Waals surface area contributed by atoms with Gasteiger partial charge in [-0.1, -0.05) is 92.7 Å². The van der Waals surface area contributed by atoms with Gasteiger partial charge in [0, 0.05) is 43.9 Å². The number of benzene rings is 4. The fourth-order valence-electron chi connectivity index (χ4n) is 5.98. The summed E-state index contributed by atoms with van der Waals surface area (Å²) >= 11 is 0. The van der Waals surface area contributed by atoms with Crippen molar-refractivity contribution in [1.29, 1.82) is 5.26 Å². The van der Waals surface area contributed by atoms with E-state index in [1.54, 1.807) is 55.3 Å². The van der Waals surface area contributed by atoms with E-state index in [4.69, 9.17) is 0 Å². The molecule has 0 spiro atoms. The largest absolute Gasteiger partial charge is 0.355 e. The second-order valence-corrected chi connectivity index (χ2v) is 13.5. The van der Waals surface area contributed by atoms with E-state index >= 15 is 0 Å². The average Bonchev–Trinajstić information content (AvgIpc) is 3.17. The van der Waals surface area contributed by atoms with E-state index in [2.05, 4.69) is 27.3 Å². The van der Waals surface area contributed by atoms with E-state index in [0.717, 1.165) is 11.1 Å². The summed E-state index contributed by atoms with van der Waals surface area (Å²) < 4.78 is 0. The van der Waals surface area contributed by atoms with Crippen LogP contribution in [-0.4, -0.2) is 73.3 Å². The topological polar surface area (TPSA) is 143 Å². The number of carbonyl (C=O) groups excluding carboxylic acids is 4. The van der Waals surface area contributed by atoms with Gasteiger partial charge in [-0.2, -0.15) is 5.26 Å². The van der Waals surface area contributed by atoms with Crippen molar-refractivity contribution in [1.82, 2.24) is 26.2 Å². The Morgan fingerprint density at radius 3 is 2.04 bits per heavy atom. The van der Waals surface area contributed by atoms with Crippen LogP contribution in [0.3, 0.4) is 0 Å². The highest BCUT2D eigenvalue weighted by molar-refractivity contribution is 6.02. The summed E-state index contributed by atoms with van der Waals surface area (Å²) in [4.78, 5) is 55.4. The van der Waals surface area contributed by atoms with Crippen molar-refractivity contribution in [3.05, 3.63) is 131 Å². The van der Waals surface area contributed by atoms with Crippen LogP contribution in [0.1, 0.15) is 65.1 Å². The standard InChI is InChI=1S/C43H50N6O4/c1-6-45-42(52)39(29(2)3)48-40(50)30(4)46-28-37(23-32-17-11-8-12-18-32)47-41(51)35-24-34(38-20-14-13-19-33(38)27-44)25-36(26-35)43(53)49(5)22-21-31-15-9-7-10-16-31/h7-20,24-26,29-30,37,39,46H,6,21-23,28H2,1-5H3,(H,45,52)(H,47,51)(H,48,50)/t30-,37-,39-/m0/s1. The Balaban J connectivity index is 1.59. The second-order valence-electron chi connectivity index (χ2n) is 13.5. The molecule has 0 aromatic heterocycles. The molecule has 4 N–H and O–H groups in total. The summed E-state index contributed by atoms with van der Waals surface area (Å²) in [5, 5.41) is 21.9. The number of rotatable bonds is 17. The van der Waals surface area contributed by atoms with Crippen molar-refractivity contribution in [3.8, 4) is 17.2 Å². The molecule has 53 heavy (non-hydrogen) atoms. The van der Waals surface area contributed by atoms with Crippen LogP contribution in [0.25, 0.3) is 11.1 Å². The molecule has 3 atom stereocenters. The second kappa shape index (κ2) is 19.7. The molecule has 0 saturated carbocycles. The number of likely N-dealkylation sites (N-methyl/N-ethyl adjacent to an activating group) is 2. The van der Waals surface area contributed by atoms with Crippen LogP contribution >= 0.6 is 0 Å². The Labute approximate surface area is 313 Å². The van der Waals surface area contributed by atoms with Gasteiger partial charge in [0.05, 0.1) is 17.7 Å². The number of hydrogen-bond donors (Lipinski definition) is 4. The normalized spacial score (nSPS) is 12.5. The molecule has 4 aromatic carbocycles. The van der Waals surface area contributed by atoms with Crippen LogP contribution in [0, 0.1) is 17.2 Å². The molecule has 0 saturated heterocycles. The third-order valence-electron chi connectivity index (χ3n) is 9.05. The smallest absolute Gasteiger partial charge is 0.253 e. The number of carbonyl (C=O) groups is 4. The van der Waals surface area contributed by atoms with Crippen LogP contribution in [0.4, 0.5) is 0 Å². The molecule has 0 heterocycles.